The Labute approximate surface area is 127 Å². The lowest BCUT2D eigenvalue weighted by atomic mass is 10.2. The van der Waals surface area contributed by atoms with Gasteiger partial charge in [-0.05, 0) is 43.3 Å². The van der Waals surface area contributed by atoms with Gasteiger partial charge in [0.25, 0.3) is 0 Å². The SMILES string of the molecule is C=CC(=O)Nc1cc(NC(=O)C(C)n2cccc2)ccc1F. The third-order valence-electron chi connectivity index (χ3n) is 3.13. The number of nitrogens with zero attached hydrogens (tertiary/aromatic N) is 1. The van der Waals surface area contributed by atoms with Crippen LogP contribution in [0.25, 0.3) is 0 Å². The number of halogens is 1. The first-order valence-electron chi connectivity index (χ1n) is 6.67. The van der Waals surface area contributed by atoms with E-state index in [0.717, 1.165) is 6.08 Å². The van der Waals surface area contributed by atoms with Crippen molar-refractivity contribution >= 4 is 23.2 Å². The molecule has 0 saturated carbocycles. The summed E-state index contributed by atoms with van der Waals surface area (Å²) in [6.07, 6.45) is 4.61. The second-order valence-corrected chi connectivity index (χ2v) is 4.68. The largest absolute Gasteiger partial charge is 0.342 e. The second-order valence-electron chi connectivity index (χ2n) is 4.68. The summed E-state index contributed by atoms with van der Waals surface area (Å²) in [5, 5.41) is 5.03. The summed E-state index contributed by atoms with van der Waals surface area (Å²) < 4.78 is 15.4. The van der Waals surface area contributed by atoms with Crippen LogP contribution >= 0.6 is 0 Å². The minimum atomic E-state index is -0.591. The highest BCUT2D eigenvalue weighted by Crippen LogP contribution is 2.21. The molecular weight excluding hydrogens is 285 g/mol. The van der Waals surface area contributed by atoms with Crippen LogP contribution in [0.15, 0.2) is 55.4 Å². The normalized spacial score (nSPS) is 11.5. The Kier molecular flexibility index (Phi) is 4.73. The first-order chi connectivity index (χ1) is 10.5. The number of benzene rings is 1. The van der Waals surface area contributed by atoms with Crippen LogP contribution in [0.4, 0.5) is 15.8 Å². The first kappa shape index (κ1) is 15.5. The van der Waals surface area contributed by atoms with Crippen LogP contribution in [0.5, 0.6) is 0 Å². The highest BCUT2D eigenvalue weighted by atomic mass is 19.1. The predicted octanol–water partition coefficient (Wildman–Crippen LogP) is 2.95. The van der Waals surface area contributed by atoms with E-state index >= 15 is 0 Å². The van der Waals surface area contributed by atoms with Gasteiger partial charge in [0.15, 0.2) is 0 Å². The maximum absolute atomic E-state index is 13.6. The van der Waals surface area contributed by atoms with Gasteiger partial charge < -0.3 is 15.2 Å². The number of carbonyl (C=O) groups is 2. The van der Waals surface area contributed by atoms with Crippen LogP contribution < -0.4 is 10.6 Å². The molecule has 1 atom stereocenters. The van der Waals surface area contributed by atoms with Gasteiger partial charge in [0.2, 0.25) is 11.8 Å². The fraction of sp³-hybridized carbons (Fsp3) is 0.125. The molecule has 0 aliphatic heterocycles. The smallest absolute Gasteiger partial charge is 0.247 e. The van der Waals surface area contributed by atoms with Crippen LogP contribution in [0.3, 0.4) is 0 Å². The molecule has 2 amide bonds. The van der Waals surface area contributed by atoms with E-state index in [9.17, 15) is 14.0 Å². The zero-order valence-electron chi connectivity index (χ0n) is 12.0. The lowest BCUT2D eigenvalue weighted by Crippen LogP contribution is -2.23. The van der Waals surface area contributed by atoms with E-state index in [1.807, 2.05) is 12.1 Å². The van der Waals surface area contributed by atoms with Crippen molar-refractivity contribution in [1.29, 1.82) is 0 Å². The van der Waals surface area contributed by atoms with E-state index in [-0.39, 0.29) is 11.6 Å². The van der Waals surface area contributed by atoms with Crippen LogP contribution in [0.1, 0.15) is 13.0 Å². The molecule has 2 aromatic rings. The molecule has 0 spiro atoms. The Balaban J connectivity index is 2.12. The van der Waals surface area contributed by atoms with Crippen molar-refractivity contribution in [3.63, 3.8) is 0 Å². The monoisotopic (exact) mass is 301 g/mol. The van der Waals surface area contributed by atoms with Crippen molar-refractivity contribution in [2.45, 2.75) is 13.0 Å². The molecule has 2 N–H and O–H groups in total. The molecule has 1 unspecified atom stereocenters. The number of anilines is 2. The van der Waals surface area contributed by atoms with Crippen LogP contribution in [0.2, 0.25) is 0 Å². The van der Waals surface area contributed by atoms with Gasteiger partial charge in [-0.2, -0.15) is 0 Å². The van der Waals surface area contributed by atoms with Gasteiger partial charge in [0.05, 0.1) is 5.69 Å². The third-order valence-corrected chi connectivity index (χ3v) is 3.13. The molecule has 0 fully saturated rings. The quantitative estimate of drug-likeness (QED) is 0.834. The van der Waals surface area contributed by atoms with Crippen molar-refractivity contribution < 1.29 is 14.0 Å². The zero-order chi connectivity index (χ0) is 16.1. The highest BCUT2D eigenvalue weighted by molar-refractivity contribution is 6.00. The van der Waals surface area contributed by atoms with Gasteiger partial charge in [0.1, 0.15) is 11.9 Å². The summed E-state index contributed by atoms with van der Waals surface area (Å²) in [6.45, 7) is 5.05. The molecule has 1 heterocycles. The summed E-state index contributed by atoms with van der Waals surface area (Å²) in [7, 11) is 0. The van der Waals surface area contributed by atoms with E-state index < -0.39 is 17.8 Å². The fourth-order valence-corrected chi connectivity index (χ4v) is 1.87. The number of rotatable bonds is 5. The van der Waals surface area contributed by atoms with Gasteiger partial charge in [-0.25, -0.2) is 4.39 Å². The van der Waals surface area contributed by atoms with Gasteiger partial charge in [-0.3, -0.25) is 9.59 Å². The summed E-state index contributed by atoms with van der Waals surface area (Å²) in [4.78, 5) is 23.4. The third kappa shape index (κ3) is 3.60. The molecule has 0 aliphatic rings. The summed E-state index contributed by atoms with van der Waals surface area (Å²) in [5.74, 6) is -1.36. The Morgan fingerprint density at radius 3 is 2.59 bits per heavy atom. The molecule has 0 aliphatic carbocycles. The highest BCUT2D eigenvalue weighted by Gasteiger charge is 2.15. The van der Waals surface area contributed by atoms with E-state index in [1.165, 1.54) is 18.2 Å². The molecule has 6 heteroatoms. The molecule has 22 heavy (non-hydrogen) atoms. The van der Waals surface area contributed by atoms with Crippen molar-refractivity contribution in [3.05, 3.63) is 61.2 Å². The van der Waals surface area contributed by atoms with Crippen molar-refractivity contribution in [2.24, 2.45) is 0 Å². The topological polar surface area (TPSA) is 63.1 Å². The maximum atomic E-state index is 13.6. The average Bonchev–Trinajstić information content (AvgIpc) is 3.03. The Morgan fingerprint density at radius 1 is 1.27 bits per heavy atom. The fourth-order valence-electron chi connectivity index (χ4n) is 1.87. The zero-order valence-corrected chi connectivity index (χ0v) is 12.0. The van der Waals surface area contributed by atoms with Gasteiger partial charge in [-0.1, -0.05) is 6.58 Å². The molecule has 1 aromatic heterocycles. The van der Waals surface area contributed by atoms with Gasteiger partial charge in [0, 0.05) is 18.1 Å². The first-order valence-corrected chi connectivity index (χ1v) is 6.67. The molecular formula is C16H16FN3O2. The molecule has 114 valence electrons. The van der Waals surface area contributed by atoms with Gasteiger partial charge >= 0.3 is 0 Å². The van der Waals surface area contributed by atoms with Crippen molar-refractivity contribution in [1.82, 2.24) is 4.57 Å². The van der Waals surface area contributed by atoms with Gasteiger partial charge in [-0.15, -0.1) is 0 Å². The Hall–Kier alpha value is -2.89. The summed E-state index contributed by atoms with van der Waals surface area (Å²) in [5.41, 5.74) is 0.376. The maximum Gasteiger partial charge on any atom is 0.247 e. The number of nitrogens with one attached hydrogen (secondary N) is 2. The number of hydrogen-bond acceptors (Lipinski definition) is 2. The summed E-state index contributed by atoms with van der Waals surface area (Å²) in [6, 6.07) is 7.20. The van der Waals surface area contributed by atoms with Crippen molar-refractivity contribution in [3.8, 4) is 0 Å². The molecule has 0 radical (unpaired) electrons. The Bertz CT molecular complexity index is 695. The minimum absolute atomic E-state index is 0.0173. The molecule has 0 saturated heterocycles. The average molecular weight is 301 g/mol. The lowest BCUT2D eigenvalue weighted by molar-refractivity contribution is -0.118. The van der Waals surface area contributed by atoms with E-state index in [4.69, 9.17) is 0 Å². The summed E-state index contributed by atoms with van der Waals surface area (Å²) >= 11 is 0. The number of amides is 2. The van der Waals surface area contributed by atoms with Crippen LogP contribution in [0, 0.1) is 5.82 Å². The minimum Gasteiger partial charge on any atom is -0.342 e. The Morgan fingerprint density at radius 2 is 1.95 bits per heavy atom. The molecule has 0 bridgehead atoms. The number of carbonyl (C=O) groups excluding carboxylic acids is 2. The number of aromatic nitrogens is 1. The van der Waals surface area contributed by atoms with Crippen molar-refractivity contribution in [2.75, 3.05) is 10.6 Å². The molecule has 2 rings (SSSR count). The van der Waals surface area contributed by atoms with Crippen LogP contribution in [-0.4, -0.2) is 16.4 Å². The van der Waals surface area contributed by atoms with Crippen LogP contribution in [-0.2, 0) is 9.59 Å². The predicted molar refractivity (Wildman–Crippen MR) is 83.0 cm³/mol. The van der Waals surface area contributed by atoms with E-state index in [0.29, 0.717) is 5.69 Å². The van der Waals surface area contributed by atoms with E-state index in [2.05, 4.69) is 17.2 Å². The number of hydrogen-bond donors (Lipinski definition) is 2. The van der Waals surface area contributed by atoms with E-state index in [1.54, 1.807) is 23.9 Å². The standard InChI is InChI=1S/C16H16FN3O2/c1-3-15(21)19-14-10-12(6-7-13(14)17)18-16(22)11(2)20-8-4-5-9-20/h3-11H,1H2,2H3,(H,18,22)(H,19,21). The second kappa shape index (κ2) is 6.71. The molecule has 1 aromatic carbocycles. The lowest BCUT2D eigenvalue weighted by Gasteiger charge is -2.14. The molecule has 5 nitrogen and oxygen atoms in total.